The summed E-state index contributed by atoms with van der Waals surface area (Å²) in [6.07, 6.45) is 5.19. The third-order valence-corrected chi connectivity index (χ3v) is 7.57. The molecule has 0 bridgehead atoms. The van der Waals surface area contributed by atoms with E-state index in [0.29, 0.717) is 24.1 Å². The van der Waals surface area contributed by atoms with Crippen molar-refractivity contribution in [2.45, 2.75) is 16.9 Å². The van der Waals surface area contributed by atoms with Gasteiger partial charge in [-0.3, -0.25) is 9.59 Å². The van der Waals surface area contributed by atoms with Gasteiger partial charge in [-0.05, 0) is 47.9 Å². The molecule has 29 heavy (non-hydrogen) atoms. The van der Waals surface area contributed by atoms with Gasteiger partial charge >= 0.3 is 0 Å². The van der Waals surface area contributed by atoms with Gasteiger partial charge in [-0.25, -0.2) is 8.42 Å². The van der Waals surface area contributed by atoms with E-state index in [1.54, 1.807) is 29.2 Å². The van der Waals surface area contributed by atoms with E-state index in [1.165, 1.54) is 24.3 Å². The third kappa shape index (κ3) is 2.36. The van der Waals surface area contributed by atoms with Crippen molar-refractivity contribution in [3.63, 3.8) is 0 Å². The highest BCUT2D eigenvalue weighted by Crippen LogP contribution is 2.54. The summed E-state index contributed by atoms with van der Waals surface area (Å²) in [5.41, 5.74) is 0.823. The molecule has 5 rings (SSSR count). The summed E-state index contributed by atoms with van der Waals surface area (Å²) >= 11 is 0. The molecular weight excluding hydrogens is 386 g/mol. The maximum atomic E-state index is 13.6. The maximum Gasteiger partial charge on any atom is 0.267 e. The van der Waals surface area contributed by atoms with Crippen LogP contribution in [0.3, 0.4) is 0 Å². The summed E-state index contributed by atoms with van der Waals surface area (Å²) < 4.78 is 27.2. The molecule has 1 fully saturated rings. The molecule has 2 aliphatic heterocycles. The average molecular weight is 403 g/mol. The van der Waals surface area contributed by atoms with Crippen LogP contribution in [0.25, 0.3) is 5.57 Å². The Morgan fingerprint density at radius 3 is 2.24 bits per heavy atom. The number of carbonyl (C=O) groups is 2. The summed E-state index contributed by atoms with van der Waals surface area (Å²) in [5.74, 6) is -0.665. The van der Waals surface area contributed by atoms with Crippen molar-refractivity contribution < 1.29 is 18.0 Å². The van der Waals surface area contributed by atoms with E-state index in [9.17, 15) is 18.0 Å². The fourth-order valence-electron chi connectivity index (χ4n) is 4.54. The third-order valence-electron chi connectivity index (χ3n) is 5.76. The molecule has 1 amide bonds. The van der Waals surface area contributed by atoms with Crippen LogP contribution in [0.15, 0.2) is 94.3 Å². The molecule has 2 aromatic rings. The quantitative estimate of drug-likeness (QED) is 0.790. The molecular formula is C23H17NO4S. The van der Waals surface area contributed by atoms with Gasteiger partial charge in [-0.2, -0.15) is 0 Å². The minimum Gasteiger partial charge on any atom is -0.321 e. The lowest BCUT2D eigenvalue weighted by Gasteiger charge is -2.34. The van der Waals surface area contributed by atoms with E-state index in [2.05, 4.69) is 0 Å². The molecule has 3 aliphatic rings. The van der Waals surface area contributed by atoms with E-state index >= 15 is 0 Å². The predicted octanol–water partition coefficient (Wildman–Crippen LogP) is 2.92. The molecule has 6 heteroatoms. The number of benzene rings is 2. The average Bonchev–Trinajstić information content (AvgIpc) is 3.23. The first-order valence-corrected chi connectivity index (χ1v) is 10.8. The molecule has 0 aromatic heterocycles. The summed E-state index contributed by atoms with van der Waals surface area (Å²) in [6, 6.07) is 17.1. The topological polar surface area (TPSA) is 71.5 Å². The second kappa shape index (κ2) is 6.12. The van der Waals surface area contributed by atoms with E-state index in [0.717, 1.165) is 5.57 Å². The highest BCUT2D eigenvalue weighted by Gasteiger charge is 2.59. The molecule has 0 radical (unpaired) electrons. The van der Waals surface area contributed by atoms with Crippen LogP contribution in [0.2, 0.25) is 0 Å². The van der Waals surface area contributed by atoms with Crippen LogP contribution in [0.1, 0.15) is 12.0 Å². The van der Waals surface area contributed by atoms with Crippen LogP contribution in [0.5, 0.6) is 0 Å². The number of rotatable bonds is 3. The number of amides is 1. The zero-order valence-corrected chi connectivity index (χ0v) is 16.2. The van der Waals surface area contributed by atoms with Gasteiger partial charge in [0.1, 0.15) is 10.4 Å². The van der Waals surface area contributed by atoms with E-state index in [4.69, 9.17) is 0 Å². The number of carbonyl (C=O) groups excluding carboxylic acids is 2. The predicted molar refractivity (Wildman–Crippen MR) is 108 cm³/mol. The van der Waals surface area contributed by atoms with Crippen LogP contribution in [-0.4, -0.2) is 37.1 Å². The maximum absolute atomic E-state index is 13.6. The molecule has 1 atom stereocenters. The highest BCUT2D eigenvalue weighted by atomic mass is 32.2. The van der Waals surface area contributed by atoms with Crippen molar-refractivity contribution in [3.8, 4) is 0 Å². The standard InChI is InChI=1S/C23H17NO4S/c25-18-11-13-23-17(15-18)12-14-24(23)22(26)21(20(23)16-7-3-1-4-8-16)29(27,28)19-9-5-2-6-10-19/h1-11,13,15H,12,14H2. The minimum atomic E-state index is -4.05. The fourth-order valence-corrected chi connectivity index (χ4v) is 6.17. The Morgan fingerprint density at radius 1 is 0.897 bits per heavy atom. The van der Waals surface area contributed by atoms with E-state index < -0.39 is 21.3 Å². The number of ketones is 1. The summed E-state index contributed by atoms with van der Waals surface area (Å²) in [5, 5.41) is 0. The summed E-state index contributed by atoms with van der Waals surface area (Å²) in [6.45, 7) is 0.367. The molecule has 1 spiro atoms. The summed E-state index contributed by atoms with van der Waals surface area (Å²) in [7, 11) is -4.05. The molecule has 1 unspecified atom stereocenters. The molecule has 5 nitrogen and oxygen atoms in total. The van der Waals surface area contributed by atoms with Crippen molar-refractivity contribution in [2.75, 3.05) is 6.54 Å². The first kappa shape index (κ1) is 17.8. The second-order valence-corrected chi connectivity index (χ2v) is 9.15. The van der Waals surface area contributed by atoms with Crippen LogP contribution < -0.4 is 0 Å². The lowest BCUT2D eigenvalue weighted by atomic mass is 9.78. The number of nitrogens with zero attached hydrogens (tertiary/aromatic N) is 1. The van der Waals surface area contributed by atoms with Crippen molar-refractivity contribution >= 4 is 27.1 Å². The summed E-state index contributed by atoms with van der Waals surface area (Å²) in [4.78, 5) is 26.9. The largest absolute Gasteiger partial charge is 0.321 e. The second-order valence-electron chi connectivity index (χ2n) is 7.27. The van der Waals surface area contributed by atoms with Gasteiger partial charge in [0.15, 0.2) is 5.78 Å². The van der Waals surface area contributed by atoms with Crippen molar-refractivity contribution in [2.24, 2.45) is 0 Å². The lowest BCUT2D eigenvalue weighted by Crippen LogP contribution is -2.43. The molecule has 0 saturated carbocycles. The van der Waals surface area contributed by atoms with Crippen LogP contribution in [0, 0.1) is 0 Å². The molecule has 1 aliphatic carbocycles. The Hall–Kier alpha value is -3.25. The van der Waals surface area contributed by atoms with E-state index in [-0.39, 0.29) is 15.6 Å². The van der Waals surface area contributed by atoms with Gasteiger partial charge in [-0.1, -0.05) is 48.5 Å². The molecule has 144 valence electrons. The van der Waals surface area contributed by atoms with Crippen LogP contribution in [-0.2, 0) is 19.4 Å². The van der Waals surface area contributed by atoms with Gasteiger partial charge in [-0.15, -0.1) is 0 Å². The van der Waals surface area contributed by atoms with Gasteiger partial charge in [0, 0.05) is 12.1 Å². The number of hydrogen-bond acceptors (Lipinski definition) is 4. The number of allylic oxidation sites excluding steroid dienone is 2. The lowest BCUT2D eigenvalue weighted by molar-refractivity contribution is -0.126. The smallest absolute Gasteiger partial charge is 0.267 e. The van der Waals surface area contributed by atoms with E-state index in [1.807, 2.05) is 30.3 Å². The Balaban J connectivity index is 1.87. The monoisotopic (exact) mass is 403 g/mol. The Kier molecular flexibility index (Phi) is 3.76. The van der Waals surface area contributed by atoms with Crippen LogP contribution >= 0.6 is 0 Å². The van der Waals surface area contributed by atoms with Crippen molar-refractivity contribution in [3.05, 3.63) is 94.9 Å². The van der Waals surface area contributed by atoms with Crippen LogP contribution in [0.4, 0.5) is 0 Å². The Labute approximate surface area is 168 Å². The van der Waals surface area contributed by atoms with Gasteiger partial charge in [0.05, 0.1) is 4.90 Å². The highest BCUT2D eigenvalue weighted by molar-refractivity contribution is 7.96. The molecule has 2 heterocycles. The minimum absolute atomic E-state index is 0.0794. The first-order valence-electron chi connectivity index (χ1n) is 9.33. The molecule has 0 N–H and O–H groups in total. The Morgan fingerprint density at radius 2 is 1.55 bits per heavy atom. The number of hydrogen-bond donors (Lipinski definition) is 0. The SMILES string of the molecule is O=C1C=CC23C(=C1)CCN2C(=O)C(S(=O)(=O)c1ccccc1)=C3c1ccccc1. The van der Waals surface area contributed by atoms with Crippen molar-refractivity contribution in [1.82, 2.24) is 4.90 Å². The molecule has 2 aromatic carbocycles. The van der Waals surface area contributed by atoms with Gasteiger partial charge in [0.25, 0.3) is 5.91 Å². The van der Waals surface area contributed by atoms with Crippen molar-refractivity contribution in [1.29, 1.82) is 0 Å². The fraction of sp³-hybridized carbons (Fsp3) is 0.130. The zero-order valence-electron chi connectivity index (χ0n) is 15.4. The van der Waals surface area contributed by atoms with Gasteiger partial charge in [0.2, 0.25) is 9.84 Å². The Bertz CT molecular complexity index is 1240. The zero-order chi connectivity index (χ0) is 20.2. The van der Waals surface area contributed by atoms with Gasteiger partial charge < -0.3 is 4.90 Å². The first-order chi connectivity index (χ1) is 14.0. The molecule has 1 saturated heterocycles. The number of sulfone groups is 1. The normalized spacial score (nSPS) is 23.3.